The standard InChI is InChI=1S/C50H45N5O7S3/c1-59-54-41(39-30-65-49(51-39)53-50(36-21-11-4-12-22-36,37-23-13-5-14-24-37)38-25-15-6-16-26-38)45(56)52-42-46(57)55-43(40(31-64-47(42)55)63-29-33-27-60-32-61-28-33)48(58)62-44(34-17-7-2-8-18-34)35-19-9-3-10-20-35/h2-26,30,33,42,44,47H,27-29,31-32H2,1H3,(H,51,53)(H,52,56)/b54-41-/t42?,47-/m1/s1. The van der Waals surface area contributed by atoms with E-state index in [-0.39, 0.29) is 29.8 Å². The molecule has 0 bridgehead atoms. The smallest absolute Gasteiger partial charge is 0.356 e. The first-order valence-corrected chi connectivity index (χ1v) is 24.0. The second-order valence-electron chi connectivity index (χ2n) is 15.4. The summed E-state index contributed by atoms with van der Waals surface area (Å²) in [7, 11) is 1.35. The zero-order chi connectivity index (χ0) is 44.6. The molecule has 2 saturated heterocycles. The molecule has 1 unspecified atom stereocenters. The molecule has 3 aliphatic rings. The summed E-state index contributed by atoms with van der Waals surface area (Å²) in [6.45, 7) is 1.32. The van der Waals surface area contributed by atoms with Crippen LogP contribution in [0.5, 0.6) is 0 Å². The Kier molecular flexibility index (Phi) is 13.7. The van der Waals surface area contributed by atoms with Crippen molar-refractivity contribution < 1.29 is 33.4 Å². The third-order valence-corrected chi connectivity index (χ3v) is 14.8. The first-order chi connectivity index (χ1) is 31.9. The molecule has 2 fully saturated rings. The average Bonchev–Trinajstić information content (AvgIpc) is 3.84. The number of nitrogens with zero attached hydrogens (tertiary/aromatic N) is 3. The van der Waals surface area contributed by atoms with Crippen molar-refractivity contribution in [1.82, 2.24) is 15.2 Å². The maximum absolute atomic E-state index is 14.6. The van der Waals surface area contributed by atoms with Crippen LogP contribution in [0, 0.1) is 5.92 Å². The summed E-state index contributed by atoms with van der Waals surface area (Å²) in [6, 6.07) is 48.4. The lowest BCUT2D eigenvalue weighted by Gasteiger charge is -2.49. The largest absolute Gasteiger partial charge is 0.448 e. The molecule has 0 radical (unpaired) electrons. The van der Waals surface area contributed by atoms with Gasteiger partial charge >= 0.3 is 5.97 Å². The Balaban J connectivity index is 0.973. The number of anilines is 1. The van der Waals surface area contributed by atoms with Gasteiger partial charge in [0.15, 0.2) is 16.9 Å². The van der Waals surface area contributed by atoms with Crippen molar-refractivity contribution >= 4 is 63.5 Å². The third kappa shape index (κ3) is 9.33. The normalized spacial score (nSPS) is 17.8. The van der Waals surface area contributed by atoms with E-state index in [4.69, 9.17) is 24.0 Å². The lowest BCUT2D eigenvalue weighted by Crippen LogP contribution is -2.71. The van der Waals surface area contributed by atoms with Gasteiger partial charge in [-0.05, 0) is 27.8 Å². The van der Waals surface area contributed by atoms with Crippen LogP contribution in [0.4, 0.5) is 5.13 Å². The van der Waals surface area contributed by atoms with Gasteiger partial charge in [-0.1, -0.05) is 157 Å². The molecule has 0 aliphatic carbocycles. The second-order valence-corrected chi connectivity index (χ2v) is 18.5. The van der Waals surface area contributed by atoms with E-state index in [9.17, 15) is 14.4 Å². The maximum atomic E-state index is 14.6. The van der Waals surface area contributed by atoms with Crippen LogP contribution in [0.25, 0.3) is 0 Å². The first kappa shape index (κ1) is 44.0. The summed E-state index contributed by atoms with van der Waals surface area (Å²) in [6.07, 6.45) is -0.729. The number of esters is 1. The Bertz CT molecular complexity index is 2510. The van der Waals surface area contributed by atoms with Crippen molar-refractivity contribution in [3.05, 3.63) is 201 Å². The van der Waals surface area contributed by atoms with Crippen molar-refractivity contribution in [2.24, 2.45) is 11.1 Å². The molecule has 2 amide bonds. The first-order valence-electron chi connectivity index (χ1n) is 21.0. The number of rotatable bonds is 16. The highest BCUT2D eigenvalue weighted by Gasteiger charge is 2.55. The molecule has 65 heavy (non-hydrogen) atoms. The van der Waals surface area contributed by atoms with E-state index in [0.29, 0.717) is 34.8 Å². The quantitative estimate of drug-likeness (QED) is 0.0319. The van der Waals surface area contributed by atoms with Crippen LogP contribution in [0.1, 0.15) is 39.6 Å². The van der Waals surface area contributed by atoms with Crippen molar-refractivity contribution in [2.45, 2.75) is 23.1 Å². The highest BCUT2D eigenvalue weighted by Crippen LogP contribution is 2.45. The molecule has 330 valence electrons. The number of ether oxygens (including phenoxy) is 3. The Hall–Kier alpha value is -6.23. The van der Waals surface area contributed by atoms with Gasteiger partial charge in [-0.2, -0.15) is 0 Å². The van der Waals surface area contributed by atoms with Gasteiger partial charge in [0.05, 0.1) is 13.2 Å². The van der Waals surface area contributed by atoms with Gasteiger partial charge in [-0.3, -0.25) is 14.5 Å². The van der Waals surface area contributed by atoms with Gasteiger partial charge < -0.3 is 29.7 Å². The SMILES string of the molecule is CO/N=C(\C(=O)NC1C(=O)N2C(C(=O)OC(c3ccccc3)c3ccccc3)=C(SCC3COCOC3)CS[C@H]12)c1csc(NC(c2ccccc2)(c2ccccc2)c2ccccc2)n1. The molecule has 1 aromatic heterocycles. The van der Waals surface area contributed by atoms with Crippen molar-refractivity contribution in [2.75, 3.05) is 43.9 Å². The zero-order valence-corrected chi connectivity index (χ0v) is 37.7. The topological polar surface area (TPSA) is 141 Å². The predicted octanol–water partition coefficient (Wildman–Crippen LogP) is 8.20. The minimum Gasteiger partial charge on any atom is -0.448 e. The van der Waals surface area contributed by atoms with E-state index in [0.717, 1.165) is 27.8 Å². The van der Waals surface area contributed by atoms with E-state index in [1.165, 1.54) is 46.9 Å². The highest BCUT2D eigenvalue weighted by molar-refractivity contribution is 8.06. The number of benzene rings is 5. The molecule has 3 aliphatic heterocycles. The number of hydrogen-bond donors (Lipinski definition) is 2. The van der Waals surface area contributed by atoms with E-state index in [1.54, 1.807) is 5.38 Å². The molecule has 0 saturated carbocycles. The Morgan fingerprint density at radius 1 is 0.831 bits per heavy atom. The minimum atomic E-state index is -0.971. The Morgan fingerprint density at radius 2 is 1.37 bits per heavy atom. The van der Waals surface area contributed by atoms with Gasteiger partial charge in [0.1, 0.15) is 42.2 Å². The molecule has 15 heteroatoms. The van der Waals surface area contributed by atoms with Gasteiger partial charge in [0.25, 0.3) is 11.8 Å². The molecular weight excluding hydrogens is 879 g/mol. The van der Waals surface area contributed by atoms with Crippen LogP contribution in [0.3, 0.4) is 0 Å². The van der Waals surface area contributed by atoms with Crippen molar-refractivity contribution in [3.63, 3.8) is 0 Å². The number of oxime groups is 1. The summed E-state index contributed by atoms with van der Waals surface area (Å²) in [5.74, 6) is -0.597. The monoisotopic (exact) mass is 923 g/mol. The summed E-state index contributed by atoms with van der Waals surface area (Å²) in [5, 5.41) is 12.4. The number of aromatic nitrogens is 1. The number of carbonyl (C=O) groups is 3. The molecule has 4 heterocycles. The highest BCUT2D eigenvalue weighted by atomic mass is 32.2. The molecule has 0 spiro atoms. The predicted molar refractivity (Wildman–Crippen MR) is 254 cm³/mol. The fourth-order valence-electron chi connectivity index (χ4n) is 8.18. The molecule has 2 N–H and O–H groups in total. The molecule has 5 aromatic carbocycles. The van der Waals surface area contributed by atoms with Gasteiger partial charge in [-0.15, -0.1) is 34.9 Å². The number of thiazole rings is 1. The molecule has 2 atom stereocenters. The van der Waals surface area contributed by atoms with Crippen LogP contribution in [-0.4, -0.2) is 83.4 Å². The van der Waals surface area contributed by atoms with Crippen LogP contribution in [-0.2, 0) is 39.0 Å². The van der Waals surface area contributed by atoms with E-state index < -0.39 is 40.8 Å². The number of fused-ring (bicyclic) bond motifs is 1. The number of carbonyl (C=O) groups excluding carboxylic acids is 3. The number of β-lactam (4-membered cyclic amide) rings is 1. The van der Waals surface area contributed by atoms with Crippen LogP contribution >= 0.6 is 34.9 Å². The van der Waals surface area contributed by atoms with E-state index >= 15 is 0 Å². The Labute approximate surface area is 389 Å². The van der Waals surface area contributed by atoms with Crippen LogP contribution in [0.2, 0.25) is 0 Å². The lowest BCUT2D eigenvalue weighted by molar-refractivity contribution is -0.154. The third-order valence-electron chi connectivity index (χ3n) is 11.3. The molecular formula is C50H45N5O7S3. The summed E-state index contributed by atoms with van der Waals surface area (Å²) < 4.78 is 17.4. The number of thioether (sulfide) groups is 2. The van der Waals surface area contributed by atoms with E-state index in [1.807, 2.05) is 115 Å². The number of hydrogen-bond acceptors (Lipinski definition) is 13. The molecule has 6 aromatic rings. The summed E-state index contributed by atoms with van der Waals surface area (Å²) in [5.41, 5.74) is 4.00. The minimum absolute atomic E-state index is 0.105. The number of nitrogens with one attached hydrogen (secondary N) is 2. The van der Waals surface area contributed by atoms with E-state index in [2.05, 4.69) is 52.2 Å². The fraction of sp³-hybridized carbons (Fsp3) is 0.220. The Morgan fingerprint density at radius 3 is 1.91 bits per heavy atom. The summed E-state index contributed by atoms with van der Waals surface area (Å²) in [4.78, 5) is 55.4. The van der Waals surface area contributed by atoms with Crippen LogP contribution in [0.15, 0.2) is 173 Å². The van der Waals surface area contributed by atoms with Gasteiger partial charge in [-0.25, -0.2) is 9.78 Å². The summed E-state index contributed by atoms with van der Waals surface area (Å²) >= 11 is 4.28. The van der Waals surface area contributed by atoms with Gasteiger partial charge in [0.2, 0.25) is 0 Å². The fourth-order valence-corrected chi connectivity index (χ4v) is 11.6. The van der Waals surface area contributed by atoms with Crippen molar-refractivity contribution in [3.8, 4) is 0 Å². The lowest BCUT2D eigenvalue weighted by atomic mass is 9.77. The molecule has 9 rings (SSSR count). The second kappa shape index (κ2) is 20.3. The van der Waals surface area contributed by atoms with Crippen molar-refractivity contribution in [1.29, 1.82) is 0 Å². The maximum Gasteiger partial charge on any atom is 0.356 e. The average molecular weight is 924 g/mol. The van der Waals surface area contributed by atoms with Gasteiger partial charge in [0, 0.05) is 27.7 Å². The molecule has 12 nitrogen and oxygen atoms in total. The van der Waals surface area contributed by atoms with Crippen LogP contribution < -0.4 is 10.6 Å². The zero-order valence-electron chi connectivity index (χ0n) is 35.3. The number of amides is 2.